The number of hydrogen-bond donors (Lipinski definition) is 1. The number of carbonyl (C=O) groups excluding carboxylic acids is 1. The molecule has 0 saturated carbocycles. The van der Waals surface area contributed by atoms with Crippen molar-refractivity contribution in [2.75, 3.05) is 38.2 Å². The SMILES string of the molecule is CCCC(N)C(=O)N1CCN(c2ccccc2OC)CC1.Cl. The van der Waals surface area contributed by atoms with Gasteiger partial charge in [0.25, 0.3) is 0 Å². The maximum absolute atomic E-state index is 12.2. The number of para-hydroxylation sites is 2. The van der Waals surface area contributed by atoms with Crippen LogP contribution in [-0.2, 0) is 4.79 Å². The van der Waals surface area contributed by atoms with Crippen molar-refractivity contribution in [2.24, 2.45) is 5.73 Å². The van der Waals surface area contributed by atoms with Crippen LogP contribution in [0, 0.1) is 0 Å². The summed E-state index contributed by atoms with van der Waals surface area (Å²) in [5.74, 6) is 0.955. The second-order valence-electron chi connectivity index (χ2n) is 5.38. The van der Waals surface area contributed by atoms with Gasteiger partial charge in [0.2, 0.25) is 5.91 Å². The van der Waals surface area contributed by atoms with Gasteiger partial charge in [-0.15, -0.1) is 12.4 Å². The molecule has 1 aliphatic heterocycles. The molecular weight excluding hydrogens is 302 g/mol. The maximum Gasteiger partial charge on any atom is 0.239 e. The predicted octanol–water partition coefficient (Wildman–Crippen LogP) is 1.89. The standard InChI is InChI=1S/C16H25N3O2.ClH/c1-3-6-13(17)16(20)19-11-9-18(10-12-19)14-7-4-5-8-15(14)21-2;/h4-5,7-8,13H,3,6,9-12,17H2,1-2H3;1H. The summed E-state index contributed by atoms with van der Waals surface area (Å²) < 4.78 is 5.40. The minimum absolute atomic E-state index is 0. The lowest BCUT2D eigenvalue weighted by Crippen LogP contribution is -2.53. The molecule has 1 aromatic carbocycles. The van der Waals surface area contributed by atoms with Crippen molar-refractivity contribution in [1.29, 1.82) is 0 Å². The number of hydrogen-bond acceptors (Lipinski definition) is 4. The number of nitrogens with two attached hydrogens (primary N) is 1. The average molecular weight is 328 g/mol. The summed E-state index contributed by atoms with van der Waals surface area (Å²) in [5.41, 5.74) is 7.01. The number of benzene rings is 1. The Morgan fingerprint density at radius 1 is 1.27 bits per heavy atom. The molecular formula is C16H26ClN3O2. The van der Waals surface area contributed by atoms with E-state index >= 15 is 0 Å². The summed E-state index contributed by atoms with van der Waals surface area (Å²) in [6.45, 7) is 5.10. The minimum atomic E-state index is -0.354. The summed E-state index contributed by atoms with van der Waals surface area (Å²) in [7, 11) is 1.68. The zero-order valence-corrected chi connectivity index (χ0v) is 14.1. The van der Waals surface area contributed by atoms with Crippen molar-refractivity contribution in [3.05, 3.63) is 24.3 Å². The van der Waals surface area contributed by atoms with E-state index in [1.54, 1.807) is 7.11 Å². The fourth-order valence-electron chi connectivity index (χ4n) is 2.73. The van der Waals surface area contributed by atoms with Gasteiger partial charge in [-0.25, -0.2) is 0 Å². The number of halogens is 1. The largest absolute Gasteiger partial charge is 0.495 e. The first-order chi connectivity index (χ1) is 10.2. The molecule has 0 aliphatic carbocycles. The van der Waals surface area contributed by atoms with Gasteiger partial charge in [0.15, 0.2) is 0 Å². The topological polar surface area (TPSA) is 58.8 Å². The second kappa shape index (κ2) is 8.86. The second-order valence-corrected chi connectivity index (χ2v) is 5.38. The molecule has 0 spiro atoms. The number of anilines is 1. The van der Waals surface area contributed by atoms with E-state index in [0.29, 0.717) is 13.1 Å². The van der Waals surface area contributed by atoms with E-state index in [2.05, 4.69) is 11.0 Å². The smallest absolute Gasteiger partial charge is 0.239 e. The van der Waals surface area contributed by atoms with Gasteiger partial charge >= 0.3 is 0 Å². The Kier molecular flexibility index (Phi) is 7.48. The van der Waals surface area contributed by atoms with Gasteiger partial charge < -0.3 is 20.3 Å². The first-order valence-electron chi connectivity index (χ1n) is 7.59. The van der Waals surface area contributed by atoms with Gasteiger partial charge in [0.1, 0.15) is 5.75 Å². The van der Waals surface area contributed by atoms with E-state index in [1.807, 2.05) is 30.0 Å². The Labute approximate surface area is 138 Å². The van der Waals surface area contributed by atoms with E-state index in [9.17, 15) is 4.79 Å². The quantitative estimate of drug-likeness (QED) is 0.897. The highest BCUT2D eigenvalue weighted by Crippen LogP contribution is 2.28. The highest BCUT2D eigenvalue weighted by Gasteiger charge is 2.25. The first-order valence-corrected chi connectivity index (χ1v) is 7.59. The molecule has 1 saturated heterocycles. The van der Waals surface area contributed by atoms with Gasteiger partial charge in [-0.2, -0.15) is 0 Å². The fourth-order valence-corrected chi connectivity index (χ4v) is 2.73. The zero-order chi connectivity index (χ0) is 15.2. The molecule has 0 bridgehead atoms. The molecule has 1 heterocycles. The van der Waals surface area contributed by atoms with Crippen molar-refractivity contribution in [3.63, 3.8) is 0 Å². The van der Waals surface area contributed by atoms with Crippen LogP contribution in [-0.4, -0.2) is 50.1 Å². The molecule has 1 atom stereocenters. The number of piperazine rings is 1. The zero-order valence-electron chi connectivity index (χ0n) is 13.3. The van der Waals surface area contributed by atoms with E-state index in [4.69, 9.17) is 10.5 Å². The Bertz CT molecular complexity index is 476. The third-order valence-electron chi connectivity index (χ3n) is 3.93. The third-order valence-corrected chi connectivity index (χ3v) is 3.93. The maximum atomic E-state index is 12.2. The van der Waals surface area contributed by atoms with Crippen molar-refractivity contribution >= 4 is 24.0 Å². The van der Waals surface area contributed by atoms with Crippen molar-refractivity contribution < 1.29 is 9.53 Å². The van der Waals surface area contributed by atoms with Crippen molar-refractivity contribution in [3.8, 4) is 5.75 Å². The number of rotatable bonds is 5. The van der Waals surface area contributed by atoms with Crippen LogP contribution in [0.5, 0.6) is 5.75 Å². The van der Waals surface area contributed by atoms with Gasteiger partial charge in [-0.05, 0) is 18.6 Å². The van der Waals surface area contributed by atoms with E-state index in [-0.39, 0.29) is 24.4 Å². The summed E-state index contributed by atoms with van der Waals surface area (Å²) >= 11 is 0. The molecule has 1 unspecified atom stereocenters. The molecule has 2 N–H and O–H groups in total. The van der Waals surface area contributed by atoms with Crippen LogP contribution in [0.15, 0.2) is 24.3 Å². The molecule has 0 aromatic heterocycles. The van der Waals surface area contributed by atoms with Gasteiger partial charge in [0, 0.05) is 26.2 Å². The Balaban J connectivity index is 0.00000242. The average Bonchev–Trinajstić information content (AvgIpc) is 2.54. The molecule has 5 nitrogen and oxygen atoms in total. The normalized spacial score (nSPS) is 16.0. The highest BCUT2D eigenvalue weighted by atomic mass is 35.5. The number of carbonyl (C=O) groups is 1. The first kappa shape index (κ1) is 18.6. The predicted molar refractivity (Wildman–Crippen MR) is 91.9 cm³/mol. The molecule has 6 heteroatoms. The van der Waals surface area contributed by atoms with Crippen LogP contribution in [0.2, 0.25) is 0 Å². The monoisotopic (exact) mass is 327 g/mol. The summed E-state index contributed by atoms with van der Waals surface area (Å²) in [5, 5.41) is 0. The van der Waals surface area contributed by atoms with Crippen molar-refractivity contribution in [2.45, 2.75) is 25.8 Å². The lowest BCUT2D eigenvalue weighted by atomic mass is 10.1. The number of methoxy groups -OCH3 is 1. The number of nitrogens with zero attached hydrogens (tertiary/aromatic N) is 2. The summed E-state index contributed by atoms with van der Waals surface area (Å²) in [6, 6.07) is 7.63. The molecule has 22 heavy (non-hydrogen) atoms. The van der Waals surface area contributed by atoms with Gasteiger partial charge in [-0.1, -0.05) is 25.5 Å². The lowest BCUT2D eigenvalue weighted by Gasteiger charge is -2.37. The Morgan fingerprint density at radius 2 is 1.91 bits per heavy atom. The highest BCUT2D eigenvalue weighted by molar-refractivity contribution is 5.85. The van der Waals surface area contributed by atoms with Crippen LogP contribution >= 0.6 is 12.4 Å². The van der Waals surface area contributed by atoms with Crippen LogP contribution in [0.3, 0.4) is 0 Å². The van der Waals surface area contributed by atoms with Gasteiger partial charge in [-0.3, -0.25) is 4.79 Å². The molecule has 1 fully saturated rings. The Morgan fingerprint density at radius 3 is 2.50 bits per heavy atom. The number of ether oxygens (including phenoxy) is 1. The molecule has 2 rings (SSSR count). The molecule has 1 aliphatic rings. The molecule has 124 valence electrons. The summed E-state index contributed by atoms with van der Waals surface area (Å²) in [6.07, 6.45) is 1.69. The van der Waals surface area contributed by atoms with Gasteiger partial charge in [0.05, 0.1) is 18.8 Å². The van der Waals surface area contributed by atoms with Crippen LogP contribution in [0.4, 0.5) is 5.69 Å². The van der Waals surface area contributed by atoms with Crippen LogP contribution in [0.1, 0.15) is 19.8 Å². The Hall–Kier alpha value is -1.46. The molecule has 0 radical (unpaired) electrons. The summed E-state index contributed by atoms with van der Waals surface area (Å²) in [4.78, 5) is 16.4. The van der Waals surface area contributed by atoms with Crippen LogP contribution in [0.25, 0.3) is 0 Å². The minimum Gasteiger partial charge on any atom is -0.495 e. The molecule has 1 amide bonds. The fraction of sp³-hybridized carbons (Fsp3) is 0.562. The lowest BCUT2D eigenvalue weighted by molar-refractivity contribution is -0.133. The van der Waals surface area contributed by atoms with E-state index < -0.39 is 0 Å². The van der Waals surface area contributed by atoms with Crippen LogP contribution < -0.4 is 15.4 Å². The van der Waals surface area contributed by atoms with E-state index in [1.165, 1.54) is 0 Å². The third kappa shape index (κ3) is 4.27. The number of amides is 1. The van der Waals surface area contributed by atoms with Crippen molar-refractivity contribution in [1.82, 2.24) is 4.90 Å². The van der Waals surface area contributed by atoms with E-state index in [0.717, 1.165) is 37.4 Å². The molecule has 1 aromatic rings.